The molecule has 4 nitrogen and oxygen atoms in total. The van der Waals surface area contributed by atoms with Crippen molar-refractivity contribution in [3.05, 3.63) is 57.9 Å². The van der Waals surface area contributed by atoms with Gasteiger partial charge in [-0.15, -0.1) is 11.3 Å². The quantitative estimate of drug-likeness (QED) is 0.725. The fraction of sp³-hybridized carbons (Fsp3) is 0. The lowest BCUT2D eigenvalue weighted by Gasteiger charge is -2.01. The van der Waals surface area contributed by atoms with E-state index in [1.165, 1.54) is 23.5 Å². The highest BCUT2D eigenvalue weighted by atomic mass is 35.5. The molecule has 0 atom stereocenters. The molecule has 1 heterocycles. The van der Waals surface area contributed by atoms with Gasteiger partial charge in [0.15, 0.2) is 0 Å². The maximum absolute atomic E-state index is 11.3. The number of rotatable bonds is 3. The number of thiazole rings is 1. The topological polar surface area (TPSA) is 73.1 Å². The van der Waals surface area contributed by atoms with E-state index in [-0.39, 0.29) is 4.90 Å². The Kier molecular flexibility index (Phi) is 4.44. The van der Waals surface area contributed by atoms with Gasteiger partial charge in [-0.1, -0.05) is 41.4 Å². The van der Waals surface area contributed by atoms with Gasteiger partial charge in [0.1, 0.15) is 5.01 Å². The van der Waals surface area contributed by atoms with Crippen molar-refractivity contribution >= 4 is 44.6 Å². The molecular weight excluding hydrogens is 375 g/mol. The Morgan fingerprint density at radius 1 is 0.957 bits per heavy atom. The van der Waals surface area contributed by atoms with Crippen LogP contribution in [0.15, 0.2) is 52.7 Å². The number of halogens is 2. The van der Waals surface area contributed by atoms with Crippen LogP contribution >= 0.6 is 34.5 Å². The summed E-state index contributed by atoms with van der Waals surface area (Å²) in [6.07, 6.45) is 0. The lowest BCUT2D eigenvalue weighted by Crippen LogP contribution is -2.11. The first-order valence-electron chi connectivity index (χ1n) is 6.39. The maximum atomic E-state index is 11.3. The van der Waals surface area contributed by atoms with Gasteiger partial charge in [-0.05, 0) is 24.3 Å². The van der Waals surface area contributed by atoms with Gasteiger partial charge in [0.25, 0.3) is 0 Å². The lowest BCUT2D eigenvalue weighted by molar-refractivity contribution is 0.598. The molecule has 2 aromatic carbocycles. The SMILES string of the molecule is NS(=O)(=O)c1ccc(-c2nc(-c3ccc(Cl)c(Cl)c3)cs2)cc1. The number of hydrogen-bond donors (Lipinski definition) is 1. The summed E-state index contributed by atoms with van der Waals surface area (Å²) in [5.74, 6) is 0. The fourth-order valence-electron chi connectivity index (χ4n) is 1.98. The predicted octanol–water partition coefficient (Wildman–Crippen LogP) is 4.43. The van der Waals surface area contributed by atoms with Gasteiger partial charge in [-0.25, -0.2) is 18.5 Å². The minimum atomic E-state index is -3.69. The monoisotopic (exact) mass is 384 g/mol. The molecule has 0 radical (unpaired) electrons. The summed E-state index contributed by atoms with van der Waals surface area (Å²) in [4.78, 5) is 4.62. The van der Waals surface area contributed by atoms with Crippen LogP contribution in [0, 0.1) is 0 Å². The van der Waals surface area contributed by atoms with E-state index in [4.69, 9.17) is 28.3 Å². The van der Waals surface area contributed by atoms with Crippen LogP contribution in [-0.2, 0) is 10.0 Å². The van der Waals surface area contributed by atoms with Crippen LogP contribution in [0.2, 0.25) is 10.0 Å². The Morgan fingerprint density at radius 2 is 1.61 bits per heavy atom. The molecule has 0 fully saturated rings. The third kappa shape index (κ3) is 3.57. The van der Waals surface area contributed by atoms with Gasteiger partial charge in [0, 0.05) is 16.5 Å². The first-order chi connectivity index (χ1) is 10.8. The normalized spacial score (nSPS) is 11.6. The van der Waals surface area contributed by atoms with Crippen LogP contribution in [-0.4, -0.2) is 13.4 Å². The summed E-state index contributed by atoms with van der Waals surface area (Å²) >= 11 is 13.4. The number of primary sulfonamides is 1. The Balaban J connectivity index is 1.94. The average molecular weight is 385 g/mol. The third-order valence-corrected chi connectivity index (χ3v) is 5.71. The zero-order valence-corrected chi connectivity index (χ0v) is 14.7. The van der Waals surface area contributed by atoms with Crippen molar-refractivity contribution in [3.8, 4) is 21.8 Å². The number of hydrogen-bond acceptors (Lipinski definition) is 4. The minimum Gasteiger partial charge on any atom is -0.236 e. The maximum Gasteiger partial charge on any atom is 0.238 e. The summed E-state index contributed by atoms with van der Waals surface area (Å²) < 4.78 is 22.5. The van der Waals surface area contributed by atoms with E-state index >= 15 is 0 Å². The van der Waals surface area contributed by atoms with Crippen LogP contribution in [0.3, 0.4) is 0 Å². The molecule has 118 valence electrons. The highest BCUT2D eigenvalue weighted by molar-refractivity contribution is 7.89. The molecule has 0 aliphatic rings. The number of benzene rings is 2. The molecule has 1 aromatic heterocycles. The van der Waals surface area contributed by atoms with Crippen LogP contribution < -0.4 is 5.14 Å². The molecule has 0 unspecified atom stereocenters. The first kappa shape index (κ1) is 16.4. The van der Waals surface area contributed by atoms with Gasteiger partial charge in [-0.3, -0.25) is 0 Å². The van der Waals surface area contributed by atoms with E-state index in [1.54, 1.807) is 24.3 Å². The van der Waals surface area contributed by atoms with Crippen molar-refractivity contribution in [2.24, 2.45) is 5.14 Å². The number of nitrogens with zero attached hydrogens (tertiary/aromatic N) is 1. The molecule has 0 bridgehead atoms. The average Bonchev–Trinajstić information content (AvgIpc) is 2.99. The molecule has 0 aliphatic carbocycles. The molecule has 8 heteroatoms. The van der Waals surface area contributed by atoms with E-state index in [2.05, 4.69) is 4.98 Å². The van der Waals surface area contributed by atoms with Crippen LogP contribution in [0.25, 0.3) is 21.8 Å². The van der Waals surface area contributed by atoms with E-state index < -0.39 is 10.0 Å². The Hall–Kier alpha value is -1.44. The van der Waals surface area contributed by atoms with Gasteiger partial charge in [-0.2, -0.15) is 0 Å². The molecule has 3 aromatic rings. The molecular formula is C15H10Cl2N2O2S2. The molecule has 0 amide bonds. The van der Waals surface area contributed by atoms with Gasteiger partial charge >= 0.3 is 0 Å². The lowest BCUT2D eigenvalue weighted by atomic mass is 10.2. The Bertz CT molecular complexity index is 967. The van der Waals surface area contributed by atoms with Crippen LogP contribution in [0.4, 0.5) is 0 Å². The molecule has 0 aliphatic heterocycles. The summed E-state index contributed by atoms with van der Waals surface area (Å²) in [5.41, 5.74) is 2.45. The summed E-state index contributed by atoms with van der Waals surface area (Å²) in [7, 11) is -3.69. The van der Waals surface area contributed by atoms with Crippen molar-refractivity contribution in [1.82, 2.24) is 4.98 Å². The van der Waals surface area contributed by atoms with Gasteiger partial charge < -0.3 is 0 Å². The zero-order chi connectivity index (χ0) is 16.6. The summed E-state index contributed by atoms with van der Waals surface area (Å²) in [6, 6.07) is 11.6. The second-order valence-corrected chi connectivity index (χ2v) is 7.97. The van der Waals surface area contributed by atoms with E-state index in [1.807, 2.05) is 11.4 Å². The standard InChI is InChI=1S/C15H10Cl2N2O2S2/c16-12-6-3-10(7-13(12)17)14-8-22-15(19-14)9-1-4-11(5-2-9)23(18,20)21/h1-8H,(H2,18,20,21). The van der Waals surface area contributed by atoms with Crippen molar-refractivity contribution in [2.45, 2.75) is 4.90 Å². The van der Waals surface area contributed by atoms with Crippen LogP contribution in [0.5, 0.6) is 0 Å². The first-order valence-corrected chi connectivity index (χ1v) is 9.57. The van der Waals surface area contributed by atoms with E-state index in [9.17, 15) is 8.42 Å². The number of aromatic nitrogens is 1. The molecule has 0 saturated heterocycles. The molecule has 0 saturated carbocycles. The van der Waals surface area contributed by atoms with Gasteiger partial charge in [0.2, 0.25) is 10.0 Å². The van der Waals surface area contributed by atoms with E-state index in [0.29, 0.717) is 10.0 Å². The number of nitrogens with two attached hydrogens (primary N) is 1. The molecule has 2 N–H and O–H groups in total. The second-order valence-electron chi connectivity index (χ2n) is 4.74. The largest absolute Gasteiger partial charge is 0.238 e. The fourth-order valence-corrected chi connectivity index (χ4v) is 3.63. The van der Waals surface area contributed by atoms with Crippen molar-refractivity contribution in [1.29, 1.82) is 0 Å². The summed E-state index contributed by atoms with van der Waals surface area (Å²) in [6.45, 7) is 0. The Labute approximate surface area is 147 Å². The smallest absolute Gasteiger partial charge is 0.236 e. The van der Waals surface area contributed by atoms with Crippen molar-refractivity contribution < 1.29 is 8.42 Å². The van der Waals surface area contributed by atoms with Crippen molar-refractivity contribution in [3.63, 3.8) is 0 Å². The second kappa shape index (κ2) is 6.22. The van der Waals surface area contributed by atoms with E-state index in [0.717, 1.165) is 21.8 Å². The zero-order valence-electron chi connectivity index (χ0n) is 11.5. The third-order valence-electron chi connectivity index (χ3n) is 3.15. The highest BCUT2D eigenvalue weighted by Gasteiger charge is 2.11. The van der Waals surface area contributed by atoms with Crippen molar-refractivity contribution in [2.75, 3.05) is 0 Å². The predicted molar refractivity (Wildman–Crippen MR) is 94.4 cm³/mol. The molecule has 0 spiro atoms. The van der Waals surface area contributed by atoms with Gasteiger partial charge in [0.05, 0.1) is 20.6 Å². The Morgan fingerprint density at radius 3 is 2.22 bits per heavy atom. The minimum absolute atomic E-state index is 0.0718. The molecule has 3 rings (SSSR count). The summed E-state index contributed by atoms with van der Waals surface area (Å²) in [5, 5.41) is 8.72. The number of sulfonamides is 1. The van der Waals surface area contributed by atoms with Crippen LogP contribution in [0.1, 0.15) is 0 Å². The molecule has 23 heavy (non-hydrogen) atoms. The highest BCUT2D eigenvalue weighted by Crippen LogP contribution is 2.32.